The Kier molecular flexibility index (Phi) is 4.46. The van der Waals surface area contributed by atoms with E-state index in [2.05, 4.69) is 26.0 Å². The Morgan fingerprint density at radius 3 is 2.54 bits per heavy atom. The Balaban J connectivity index is 1.58. The molecule has 3 rings (SSSR count). The van der Waals surface area contributed by atoms with Crippen molar-refractivity contribution in [3.63, 3.8) is 0 Å². The first-order valence-electron chi connectivity index (χ1n) is 7.17. The maximum absolute atomic E-state index is 12.8. The van der Waals surface area contributed by atoms with Crippen molar-refractivity contribution in [2.24, 2.45) is 0 Å². The summed E-state index contributed by atoms with van der Waals surface area (Å²) < 4.78 is 17.7. The zero-order valence-corrected chi connectivity index (χ0v) is 12.8. The molecule has 0 saturated carbocycles. The van der Waals surface area contributed by atoms with E-state index in [0.717, 1.165) is 5.56 Å². The largest absolute Gasteiger partial charge is 0.365 e. The SMILES string of the molecule is Cc1cc(NC(=O)c2ccc(NCc3ccc(F)cc3)nn2)no1. The lowest BCUT2D eigenvalue weighted by Crippen LogP contribution is -2.15. The Hall–Kier alpha value is -3.29. The molecule has 2 N–H and O–H groups in total. The topological polar surface area (TPSA) is 92.9 Å². The molecule has 8 heteroatoms. The second kappa shape index (κ2) is 6.86. The molecule has 1 amide bonds. The number of anilines is 2. The van der Waals surface area contributed by atoms with Crippen LogP contribution in [0.5, 0.6) is 0 Å². The van der Waals surface area contributed by atoms with Gasteiger partial charge >= 0.3 is 0 Å². The maximum atomic E-state index is 12.8. The van der Waals surface area contributed by atoms with Crippen LogP contribution in [0.25, 0.3) is 0 Å². The molecule has 0 fully saturated rings. The number of hydrogen-bond donors (Lipinski definition) is 2. The highest BCUT2D eigenvalue weighted by atomic mass is 19.1. The number of benzene rings is 1. The van der Waals surface area contributed by atoms with Gasteiger partial charge in [-0.2, -0.15) is 0 Å². The van der Waals surface area contributed by atoms with E-state index >= 15 is 0 Å². The van der Waals surface area contributed by atoms with Crippen LogP contribution in [0.2, 0.25) is 0 Å². The third kappa shape index (κ3) is 3.92. The summed E-state index contributed by atoms with van der Waals surface area (Å²) in [6.07, 6.45) is 0. The van der Waals surface area contributed by atoms with Crippen molar-refractivity contribution in [2.45, 2.75) is 13.5 Å². The molecular formula is C16H14FN5O2. The van der Waals surface area contributed by atoms with Crippen molar-refractivity contribution < 1.29 is 13.7 Å². The fourth-order valence-corrected chi connectivity index (χ4v) is 1.95. The molecule has 3 aromatic rings. The van der Waals surface area contributed by atoms with Crippen LogP contribution in [0.4, 0.5) is 16.0 Å². The number of carbonyl (C=O) groups excluding carboxylic acids is 1. The lowest BCUT2D eigenvalue weighted by Gasteiger charge is -2.06. The molecule has 1 aromatic carbocycles. The number of aryl methyl sites for hydroxylation is 1. The van der Waals surface area contributed by atoms with Gasteiger partial charge in [0.2, 0.25) is 0 Å². The van der Waals surface area contributed by atoms with Crippen LogP contribution in [0, 0.1) is 12.7 Å². The average Bonchev–Trinajstić information content (AvgIpc) is 2.99. The summed E-state index contributed by atoms with van der Waals surface area (Å²) in [5.41, 5.74) is 1.06. The molecular weight excluding hydrogens is 313 g/mol. The maximum Gasteiger partial charge on any atom is 0.277 e. The predicted octanol–water partition coefficient (Wildman–Crippen LogP) is 2.78. The van der Waals surface area contributed by atoms with Crippen LogP contribution in [0.3, 0.4) is 0 Å². The van der Waals surface area contributed by atoms with Gasteiger partial charge in [-0.1, -0.05) is 17.3 Å². The van der Waals surface area contributed by atoms with Crippen molar-refractivity contribution in [2.75, 3.05) is 10.6 Å². The number of aromatic nitrogens is 3. The Bertz CT molecular complexity index is 830. The second-order valence-electron chi connectivity index (χ2n) is 5.06. The highest BCUT2D eigenvalue weighted by Crippen LogP contribution is 2.10. The van der Waals surface area contributed by atoms with Gasteiger partial charge < -0.3 is 15.2 Å². The van der Waals surface area contributed by atoms with Crippen molar-refractivity contribution in [3.8, 4) is 0 Å². The van der Waals surface area contributed by atoms with E-state index < -0.39 is 5.91 Å². The summed E-state index contributed by atoms with van der Waals surface area (Å²) in [7, 11) is 0. The van der Waals surface area contributed by atoms with Crippen LogP contribution in [0.15, 0.2) is 47.0 Å². The summed E-state index contributed by atoms with van der Waals surface area (Å²) in [5.74, 6) is 0.708. The lowest BCUT2D eigenvalue weighted by atomic mass is 10.2. The second-order valence-corrected chi connectivity index (χ2v) is 5.06. The molecule has 122 valence electrons. The molecule has 2 heterocycles. The first kappa shape index (κ1) is 15.6. The number of rotatable bonds is 5. The van der Waals surface area contributed by atoms with Crippen molar-refractivity contribution >= 4 is 17.5 Å². The number of carbonyl (C=O) groups is 1. The molecule has 0 atom stereocenters. The van der Waals surface area contributed by atoms with Crippen LogP contribution < -0.4 is 10.6 Å². The van der Waals surface area contributed by atoms with Gasteiger partial charge in [0.25, 0.3) is 5.91 Å². The van der Waals surface area contributed by atoms with Crippen LogP contribution in [-0.2, 0) is 6.54 Å². The smallest absolute Gasteiger partial charge is 0.277 e. The molecule has 0 unspecified atom stereocenters. The molecule has 0 saturated heterocycles. The molecule has 0 aliphatic heterocycles. The Labute approximate surface area is 136 Å². The van der Waals surface area contributed by atoms with E-state index in [1.807, 2.05) is 0 Å². The molecule has 2 aromatic heterocycles. The highest BCUT2D eigenvalue weighted by Gasteiger charge is 2.11. The zero-order valence-electron chi connectivity index (χ0n) is 12.8. The van der Waals surface area contributed by atoms with Crippen LogP contribution >= 0.6 is 0 Å². The molecule has 0 aliphatic rings. The van der Waals surface area contributed by atoms with Gasteiger partial charge in [0.15, 0.2) is 11.5 Å². The summed E-state index contributed by atoms with van der Waals surface area (Å²) in [6, 6.07) is 10.9. The number of nitrogens with one attached hydrogen (secondary N) is 2. The molecule has 0 radical (unpaired) electrons. The van der Waals surface area contributed by atoms with Crippen molar-refractivity contribution in [1.82, 2.24) is 15.4 Å². The van der Waals surface area contributed by atoms with Crippen LogP contribution in [-0.4, -0.2) is 21.3 Å². The van der Waals surface area contributed by atoms with Gasteiger partial charge in [0.1, 0.15) is 17.4 Å². The molecule has 24 heavy (non-hydrogen) atoms. The zero-order chi connectivity index (χ0) is 16.9. The number of halogens is 1. The van der Waals surface area contributed by atoms with E-state index in [1.165, 1.54) is 12.1 Å². The first-order valence-corrected chi connectivity index (χ1v) is 7.17. The third-order valence-electron chi connectivity index (χ3n) is 3.15. The molecule has 7 nitrogen and oxygen atoms in total. The standard InChI is InChI=1S/C16H14FN5O2/c1-10-8-15(22-24-10)19-16(23)13-6-7-14(21-20-13)18-9-11-2-4-12(17)5-3-11/h2-8H,9H2,1H3,(H,18,21)(H,19,22,23). The summed E-state index contributed by atoms with van der Waals surface area (Å²) in [6.45, 7) is 2.20. The average molecular weight is 327 g/mol. The quantitative estimate of drug-likeness (QED) is 0.748. The first-order chi connectivity index (χ1) is 11.6. The number of amides is 1. The highest BCUT2D eigenvalue weighted by molar-refractivity contribution is 6.02. The lowest BCUT2D eigenvalue weighted by molar-refractivity contribution is 0.102. The number of nitrogens with zero attached hydrogens (tertiary/aromatic N) is 3. The van der Waals surface area contributed by atoms with E-state index in [0.29, 0.717) is 23.9 Å². The van der Waals surface area contributed by atoms with E-state index in [9.17, 15) is 9.18 Å². The Morgan fingerprint density at radius 2 is 1.92 bits per heavy atom. The van der Waals surface area contributed by atoms with Crippen molar-refractivity contribution in [1.29, 1.82) is 0 Å². The monoisotopic (exact) mass is 327 g/mol. The summed E-state index contributed by atoms with van der Waals surface area (Å²) >= 11 is 0. The van der Waals surface area contributed by atoms with Gasteiger partial charge in [-0.05, 0) is 36.8 Å². The Morgan fingerprint density at radius 1 is 1.12 bits per heavy atom. The molecule has 0 aliphatic carbocycles. The third-order valence-corrected chi connectivity index (χ3v) is 3.15. The van der Waals surface area contributed by atoms with Crippen molar-refractivity contribution in [3.05, 3.63) is 65.3 Å². The minimum atomic E-state index is -0.430. The van der Waals surface area contributed by atoms with Crippen LogP contribution in [0.1, 0.15) is 21.8 Å². The van der Waals surface area contributed by atoms with Gasteiger partial charge in [0.05, 0.1) is 0 Å². The van der Waals surface area contributed by atoms with E-state index in [-0.39, 0.29) is 11.5 Å². The van der Waals surface area contributed by atoms with Gasteiger partial charge in [-0.25, -0.2) is 4.39 Å². The molecule has 0 bridgehead atoms. The number of hydrogen-bond acceptors (Lipinski definition) is 6. The summed E-state index contributed by atoms with van der Waals surface area (Å²) in [5, 5.41) is 17.1. The summed E-state index contributed by atoms with van der Waals surface area (Å²) in [4.78, 5) is 12.0. The minimum absolute atomic E-state index is 0.156. The normalized spacial score (nSPS) is 10.4. The fraction of sp³-hybridized carbons (Fsp3) is 0.125. The van der Waals surface area contributed by atoms with Gasteiger partial charge in [0, 0.05) is 12.6 Å². The predicted molar refractivity (Wildman–Crippen MR) is 85.0 cm³/mol. The minimum Gasteiger partial charge on any atom is -0.365 e. The van der Waals surface area contributed by atoms with Gasteiger partial charge in [-0.15, -0.1) is 10.2 Å². The fourth-order valence-electron chi connectivity index (χ4n) is 1.95. The molecule has 0 spiro atoms. The van der Waals surface area contributed by atoms with E-state index in [4.69, 9.17) is 4.52 Å². The van der Waals surface area contributed by atoms with Gasteiger partial charge in [-0.3, -0.25) is 4.79 Å². The van der Waals surface area contributed by atoms with E-state index in [1.54, 1.807) is 37.3 Å².